The van der Waals surface area contributed by atoms with Crippen LogP contribution >= 0.6 is 0 Å². The van der Waals surface area contributed by atoms with Crippen molar-refractivity contribution in [2.75, 3.05) is 26.1 Å². The van der Waals surface area contributed by atoms with Crippen LogP contribution < -0.4 is 4.90 Å². The summed E-state index contributed by atoms with van der Waals surface area (Å²) in [6.07, 6.45) is 0. The maximum absolute atomic E-state index is 9.77. The summed E-state index contributed by atoms with van der Waals surface area (Å²) >= 11 is 0. The quantitative estimate of drug-likeness (QED) is 0.408. The largest absolute Gasteiger partial charge is 0.380 e. The Hall–Kier alpha value is -3.86. The lowest BCUT2D eigenvalue weighted by Gasteiger charge is -2.13. The second-order valence-electron chi connectivity index (χ2n) is 7.12. The fourth-order valence-electron chi connectivity index (χ4n) is 3.25. The zero-order valence-electron chi connectivity index (χ0n) is 17.4. The topological polar surface area (TPSA) is 60.0 Å². The number of methoxy groups -OCH3 is 1. The summed E-state index contributed by atoms with van der Waals surface area (Å²) in [4.78, 5) is 2.06. The van der Waals surface area contributed by atoms with Crippen LogP contribution in [0.4, 0.5) is 5.69 Å². The van der Waals surface area contributed by atoms with Gasteiger partial charge in [0, 0.05) is 26.9 Å². The third kappa shape index (κ3) is 4.58. The van der Waals surface area contributed by atoms with Gasteiger partial charge in [-0.1, -0.05) is 60.7 Å². The lowest BCUT2D eigenvalue weighted by Crippen LogP contribution is -2.07. The summed E-state index contributed by atoms with van der Waals surface area (Å²) in [5, 5.41) is 19.5. The number of nitrogens with zero attached hydrogens (tertiary/aromatic N) is 3. The van der Waals surface area contributed by atoms with Crippen LogP contribution in [-0.4, -0.2) is 21.2 Å². The number of anilines is 1. The lowest BCUT2D eigenvalue weighted by molar-refractivity contribution is 0.185. The summed E-state index contributed by atoms with van der Waals surface area (Å²) in [5.41, 5.74) is 6.49. The molecule has 3 aromatic carbocycles. The smallest absolute Gasteiger partial charge is 0.101 e. The SMILES string of the molecule is COCc1ccc(/C(C#N)=C(\C#N)c2ccc(-c3ccc(N(C)C)cc3)cc2)cc1. The minimum atomic E-state index is 0.365. The average Bonchev–Trinajstić information content (AvgIpc) is 2.78. The number of nitriles is 2. The molecule has 30 heavy (non-hydrogen) atoms. The Bertz CT molecular complexity index is 1110. The number of hydrogen-bond acceptors (Lipinski definition) is 4. The molecule has 0 unspecified atom stereocenters. The van der Waals surface area contributed by atoms with Gasteiger partial charge in [-0.15, -0.1) is 0 Å². The summed E-state index contributed by atoms with van der Waals surface area (Å²) in [6, 6.07) is 28.0. The zero-order valence-corrected chi connectivity index (χ0v) is 17.4. The fraction of sp³-hybridized carbons (Fsp3) is 0.154. The van der Waals surface area contributed by atoms with Crippen molar-refractivity contribution in [3.63, 3.8) is 0 Å². The van der Waals surface area contributed by atoms with Crippen molar-refractivity contribution in [1.82, 2.24) is 0 Å². The van der Waals surface area contributed by atoms with Crippen molar-refractivity contribution >= 4 is 16.8 Å². The average molecular weight is 393 g/mol. The van der Waals surface area contributed by atoms with Crippen molar-refractivity contribution in [3.8, 4) is 23.3 Å². The van der Waals surface area contributed by atoms with Gasteiger partial charge in [0.1, 0.15) is 12.1 Å². The van der Waals surface area contributed by atoms with Gasteiger partial charge in [-0.25, -0.2) is 0 Å². The van der Waals surface area contributed by atoms with Crippen molar-refractivity contribution in [3.05, 3.63) is 89.5 Å². The van der Waals surface area contributed by atoms with Crippen LogP contribution in [0.3, 0.4) is 0 Å². The van der Waals surface area contributed by atoms with Crippen molar-refractivity contribution < 1.29 is 4.74 Å². The minimum Gasteiger partial charge on any atom is -0.380 e. The molecule has 0 spiro atoms. The van der Waals surface area contributed by atoms with Gasteiger partial charge in [-0.05, 0) is 39.9 Å². The van der Waals surface area contributed by atoms with Crippen molar-refractivity contribution in [1.29, 1.82) is 10.5 Å². The molecule has 4 nitrogen and oxygen atoms in total. The van der Waals surface area contributed by atoms with Gasteiger partial charge in [0.25, 0.3) is 0 Å². The summed E-state index contributed by atoms with van der Waals surface area (Å²) in [5.74, 6) is 0. The monoisotopic (exact) mass is 393 g/mol. The Morgan fingerprint density at radius 2 is 1.17 bits per heavy atom. The first-order valence-corrected chi connectivity index (χ1v) is 9.58. The number of ether oxygens (including phenoxy) is 1. The number of benzene rings is 3. The molecule has 0 bridgehead atoms. The third-order valence-corrected chi connectivity index (χ3v) is 4.92. The van der Waals surface area contributed by atoms with E-state index in [0.29, 0.717) is 17.8 Å². The molecule has 0 amide bonds. The van der Waals surface area contributed by atoms with E-state index in [2.05, 4.69) is 41.3 Å². The Balaban J connectivity index is 1.93. The molecule has 0 fully saturated rings. The van der Waals surface area contributed by atoms with E-state index in [4.69, 9.17) is 4.74 Å². The second-order valence-corrected chi connectivity index (χ2v) is 7.12. The molecule has 0 aliphatic carbocycles. The second kappa shape index (κ2) is 9.56. The normalized spacial score (nSPS) is 11.2. The molecule has 0 saturated carbocycles. The Morgan fingerprint density at radius 3 is 1.57 bits per heavy atom. The van der Waals surface area contributed by atoms with Crippen molar-refractivity contribution in [2.24, 2.45) is 0 Å². The molecule has 4 heteroatoms. The van der Waals surface area contributed by atoms with E-state index >= 15 is 0 Å². The molecular weight excluding hydrogens is 370 g/mol. The predicted octanol–water partition coefficient (Wildman–Crippen LogP) is 5.52. The third-order valence-electron chi connectivity index (χ3n) is 4.92. The van der Waals surface area contributed by atoms with Crippen LogP contribution in [0.2, 0.25) is 0 Å². The van der Waals surface area contributed by atoms with Gasteiger partial charge in [-0.2, -0.15) is 10.5 Å². The van der Waals surface area contributed by atoms with Gasteiger partial charge in [-0.3, -0.25) is 0 Å². The van der Waals surface area contributed by atoms with Crippen LogP contribution in [0.25, 0.3) is 22.3 Å². The summed E-state index contributed by atoms with van der Waals surface area (Å²) in [6.45, 7) is 0.508. The molecule has 0 radical (unpaired) electrons. The standard InChI is InChI=1S/C26H23N3O/c1-29(2)24-14-12-21(13-15-24)20-8-10-23(11-9-20)26(17-28)25(16-27)22-6-4-19(5-7-22)18-30-3/h4-15H,18H2,1-3H3/b26-25+. The highest BCUT2D eigenvalue weighted by atomic mass is 16.5. The van der Waals surface area contributed by atoms with Crippen LogP contribution in [0.15, 0.2) is 72.8 Å². The van der Waals surface area contributed by atoms with Gasteiger partial charge in [0.15, 0.2) is 0 Å². The van der Waals surface area contributed by atoms with Gasteiger partial charge >= 0.3 is 0 Å². The maximum atomic E-state index is 9.77. The first-order valence-electron chi connectivity index (χ1n) is 9.58. The molecular formula is C26H23N3O. The van der Waals surface area contributed by atoms with E-state index in [1.165, 1.54) is 0 Å². The molecule has 0 aromatic heterocycles. The van der Waals surface area contributed by atoms with Crippen molar-refractivity contribution in [2.45, 2.75) is 6.61 Å². The zero-order chi connectivity index (χ0) is 21.5. The maximum Gasteiger partial charge on any atom is 0.101 e. The van der Waals surface area contributed by atoms with Crippen LogP contribution in [0.1, 0.15) is 16.7 Å². The molecule has 0 heterocycles. The Kier molecular flexibility index (Phi) is 6.65. The molecule has 3 aromatic rings. The van der Waals surface area contributed by atoms with Gasteiger partial charge < -0.3 is 9.64 Å². The number of rotatable bonds is 6. The highest BCUT2D eigenvalue weighted by Gasteiger charge is 2.12. The lowest BCUT2D eigenvalue weighted by atomic mass is 9.94. The van der Waals surface area contributed by atoms with Gasteiger partial charge in [0.2, 0.25) is 0 Å². The van der Waals surface area contributed by atoms with E-state index in [0.717, 1.165) is 33.5 Å². The summed E-state index contributed by atoms with van der Waals surface area (Å²) in [7, 11) is 5.66. The molecule has 0 N–H and O–H groups in total. The van der Waals surface area contributed by atoms with Gasteiger partial charge in [0.05, 0.1) is 17.8 Å². The Morgan fingerprint density at radius 1 is 0.733 bits per heavy atom. The van der Waals surface area contributed by atoms with Crippen LogP contribution in [-0.2, 0) is 11.3 Å². The highest BCUT2D eigenvalue weighted by molar-refractivity contribution is 6.02. The highest BCUT2D eigenvalue weighted by Crippen LogP contribution is 2.29. The van der Waals surface area contributed by atoms with E-state index in [-0.39, 0.29) is 0 Å². The first-order chi connectivity index (χ1) is 14.6. The molecule has 0 saturated heterocycles. The fourth-order valence-corrected chi connectivity index (χ4v) is 3.25. The molecule has 0 atom stereocenters. The molecule has 0 aliphatic heterocycles. The van der Waals surface area contributed by atoms with Crippen LogP contribution in [0, 0.1) is 22.7 Å². The van der Waals surface area contributed by atoms with E-state index in [1.54, 1.807) is 7.11 Å². The Labute approximate surface area is 177 Å². The molecule has 148 valence electrons. The van der Waals surface area contributed by atoms with E-state index < -0.39 is 0 Å². The van der Waals surface area contributed by atoms with E-state index in [9.17, 15) is 10.5 Å². The summed E-state index contributed by atoms with van der Waals surface area (Å²) < 4.78 is 5.13. The molecule has 0 aliphatic rings. The first kappa shape index (κ1) is 20.9. The van der Waals surface area contributed by atoms with Crippen LogP contribution in [0.5, 0.6) is 0 Å². The number of hydrogen-bond donors (Lipinski definition) is 0. The minimum absolute atomic E-state index is 0.365. The molecule has 3 rings (SSSR count). The number of allylic oxidation sites excluding steroid dienone is 2. The van der Waals surface area contributed by atoms with E-state index in [1.807, 2.05) is 62.6 Å². The predicted molar refractivity (Wildman–Crippen MR) is 121 cm³/mol.